The molecule has 27 heavy (non-hydrogen) atoms. The van der Waals surface area contributed by atoms with Crippen LogP contribution in [-0.4, -0.2) is 13.0 Å². The summed E-state index contributed by atoms with van der Waals surface area (Å²) in [4.78, 5) is 0.0587. The fourth-order valence-corrected chi connectivity index (χ4v) is 4.43. The molecule has 1 rings (SSSR count). The summed E-state index contributed by atoms with van der Waals surface area (Å²) in [5, 5.41) is 0. The molecular weight excluding hydrogens is 375 g/mol. The molecular formula is C22H41O3PS. The smallest absolute Gasteiger partial charge is 0.124 e. The van der Waals surface area contributed by atoms with Crippen molar-refractivity contribution in [3.63, 3.8) is 0 Å². The van der Waals surface area contributed by atoms with Gasteiger partial charge in [0.15, 0.2) is 0 Å². The van der Waals surface area contributed by atoms with Gasteiger partial charge in [0.2, 0.25) is 0 Å². The van der Waals surface area contributed by atoms with Gasteiger partial charge in [0.25, 0.3) is 0 Å². The van der Waals surface area contributed by atoms with Gasteiger partial charge in [-0.15, -0.1) is 0 Å². The number of unbranched alkanes of at least 4 members (excludes halogenated alkanes) is 4. The third-order valence-corrected chi connectivity index (χ3v) is 6.03. The third-order valence-electron chi connectivity index (χ3n) is 5.13. The van der Waals surface area contributed by atoms with E-state index in [1.807, 2.05) is 0 Å². The van der Waals surface area contributed by atoms with Gasteiger partial charge >= 0.3 is 0 Å². The van der Waals surface area contributed by atoms with Crippen molar-refractivity contribution in [1.29, 1.82) is 0 Å². The van der Waals surface area contributed by atoms with E-state index >= 15 is 0 Å². The van der Waals surface area contributed by atoms with Crippen LogP contribution in [-0.2, 0) is 35.8 Å². The highest BCUT2D eigenvalue weighted by Gasteiger charge is 2.20. The highest BCUT2D eigenvalue weighted by Crippen LogP contribution is 2.32. The Morgan fingerprint density at radius 3 is 1.56 bits per heavy atom. The van der Waals surface area contributed by atoms with E-state index in [0.29, 0.717) is 6.42 Å². The Balaban J connectivity index is 0.00000676. The molecule has 1 atom stereocenters. The molecule has 0 aromatic heterocycles. The number of aryl methyl sites for hydroxylation is 1. The van der Waals surface area contributed by atoms with Gasteiger partial charge < -0.3 is 4.55 Å². The third kappa shape index (κ3) is 8.21. The standard InChI is InChI=1S/C22H38O3S.H3P/c1-5-9-13-18-17-22(26(23,24)25)21(16-12-8-4)20(15-11-7-3)19(18)14-10-6-2;/h17H,5-16H2,1-4H3,(H,23,24,25);1H3. The molecule has 0 bridgehead atoms. The largest absolute Gasteiger partial charge is 0.744 e. The summed E-state index contributed by atoms with van der Waals surface area (Å²) < 4.78 is 36.1. The molecule has 0 amide bonds. The van der Waals surface area contributed by atoms with Crippen LogP contribution in [0.25, 0.3) is 0 Å². The van der Waals surface area contributed by atoms with Crippen molar-refractivity contribution in [1.82, 2.24) is 0 Å². The van der Waals surface area contributed by atoms with E-state index in [2.05, 4.69) is 27.7 Å². The molecule has 1 aromatic carbocycles. The fourth-order valence-electron chi connectivity index (χ4n) is 3.62. The fraction of sp³-hybridized carbons (Fsp3) is 0.727. The Bertz CT molecular complexity index is 654. The molecule has 3 nitrogen and oxygen atoms in total. The first kappa shape index (κ1) is 26.6. The maximum atomic E-state index is 12.0. The van der Waals surface area contributed by atoms with Gasteiger partial charge in [0, 0.05) is 0 Å². The molecule has 1 aromatic rings. The van der Waals surface area contributed by atoms with Crippen molar-refractivity contribution in [2.75, 3.05) is 0 Å². The highest BCUT2D eigenvalue weighted by molar-refractivity contribution is 7.85. The average Bonchev–Trinajstić information content (AvgIpc) is 2.60. The van der Waals surface area contributed by atoms with Crippen molar-refractivity contribution in [2.45, 2.75) is 110 Å². The van der Waals surface area contributed by atoms with Gasteiger partial charge in [-0.05, 0) is 89.6 Å². The van der Waals surface area contributed by atoms with Crippen LogP contribution in [0.2, 0.25) is 0 Å². The molecule has 0 aliphatic heterocycles. The minimum Gasteiger partial charge on any atom is -0.744 e. The monoisotopic (exact) mass is 416 g/mol. The lowest BCUT2D eigenvalue weighted by molar-refractivity contribution is 0.461. The quantitative estimate of drug-likeness (QED) is 0.304. The van der Waals surface area contributed by atoms with Gasteiger partial charge in [0.1, 0.15) is 10.1 Å². The van der Waals surface area contributed by atoms with Gasteiger partial charge in [-0.2, -0.15) is 0 Å². The Morgan fingerprint density at radius 2 is 1.11 bits per heavy atom. The lowest BCUT2D eigenvalue weighted by Gasteiger charge is -2.24. The summed E-state index contributed by atoms with van der Waals surface area (Å²) in [6, 6.07) is 1.73. The van der Waals surface area contributed by atoms with Crippen LogP contribution in [0.3, 0.4) is 0 Å². The minimum absolute atomic E-state index is 0. The lowest BCUT2D eigenvalue weighted by atomic mass is 9.86. The Morgan fingerprint density at radius 1 is 0.704 bits per heavy atom. The van der Waals surface area contributed by atoms with Gasteiger partial charge in [-0.25, -0.2) is 8.42 Å². The summed E-state index contributed by atoms with van der Waals surface area (Å²) in [5.41, 5.74) is 4.44. The Hall–Kier alpha value is -0.440. The number of benzene rings is 1. The van der Waals surface area contributed by atoms with Gasteiger partial charge in [-0.3, -0.25) is 0 Å². The van der Waals surface area contributed by atoms with Crippen molar-refractivity contribution in [3.05, 3.63) is 28.3 Å². The maximum Gasteiger partial charge on any atom is 0.124 e. The van der Waals surface area contributed by atoms with Crippen LogP contribution in [0.15, 0.2) is 11.0 Å². The van der Waals surface area contributed by atoms with Crippen LogP contribution in [0.5, 0.6) is 0 Å². The molecule has 0 N–H and O–H groups in total. The SMILES string of the molecule is CCCCc1cc(S(=O)(=O)[O-])c(CCCC)c(CCCC)c1CCCC.[PH4+]. The van der Waals surface area contributed by atoms with Crippen LogP contribution in [0, 0.1) is 0 Å². The first-order valence-electron chi connectivity index (χ1n) is 10.5. The molecule has 0 heterocycles. The van der Waals surface area contributed by atoms with E-state index < -0.39 is 10.1 Å². The molecule has 0 saturated heterocycles. The summed E-state index contributed by atoms with van der Waals surface area (Å²) in [7, 11) is -4.45. The van der Waals surface area contributed by atoms with Gasteiger partial charge in [0.05, 0.1) is 4.90 Å². The minimum atomic E-state index is -4.45. The number of hydrogen-bond acceptors (Lipinski definition) is 3. The Labute approximate surface area is 171 Å². The molecule has 0 saturated carbocycles. The zero-order chi connectivity index (χ0) is 19.6. The molecule has 0 aliphatic rings. The molecule has 158 valence electrons. The summed E-state index contributed by atoms with van der Waals surface area (Å²) in [6.07, 6.45) is 11.8. The predicted octanol–water partition coefficient (Wildman–Crippen LogP) is 5.75. The zero-order valence-electron chi connectivity index (χ0n) is 18.2. The Kier molecular flexibility index (Phi) is 13.5. The summed E-state index contributed by atoms with van der Waals surface area (Å²) in [5.74, 6) is 0. The average molecular weight is 417 g/mol. The van der Waals surface area contributed by atoms with E-state index in [-0.39, 0.29) is 14.8 Å². The molecule has 5 heteroatoms. The first-order chi connectivity index (χ1) is 12.4. The first-order valence-corrected chi connectivity index (χ1v) is 11.9. The normalized spacial score (nSPS) is 11.4. The number of rotatable bonds is 13. The van der Waals surface area contributed by atoms with Crippen LogP contribution < -0.4 is 0 Å². The van der Waals surface area contributed by atoms with Crippen LogP contribution in [0.4, 0.5) is 0 Å². The van der Waals surface area contributed by atoms with Gasteiger partial charge in [-0.1, -0.05) is 53.4 Å². The second kappa shape index (κ2) is 13.7. The topological polar surface area (TPSA) is 57.2 Å². The second-order valence-corrected chi connectivity index (χ2v) is 8.69. The predicted molar refractivity (Wildman–Crippen MR) is 121 cm³/mol. The van der Waals surface area contributed by atoms with Crippen molar-refractivity contribution in [3.8, 4) is 0 Å². The molecule has 0 aliphatic carbocycles. The molecule has 0 fully saturated rings. The lowest BCUT2D eigenvalue weighted by Crippen LogP contribution is -2.13. The van der Waals surface area contributed by atoms with E-state index in [1.54, 1.807) is 6.07 Å². The zero-order valence-corrected chi connectivity index (χ0v) is 21.0. The van der Waals surface area contributed by atoms with E-state index in [4.69, 9.17) is 0 Å². The molecule has 0 spiro atoms. The van der Waals surface area contributed by atoms with Crippen LogP contribution in [0.1, 0.15) is 101 Å². The summed E-state index contributed by atoms with van der Waals surface area (Å²) in [6.45, 7) is 8.59. The van der Waals surface area contributed by atoms with Crippen LogP contribution >= 0.6 is 9.90 Å². The van der Waals surface area contributed by atoms with Crippen molar-refractivity contribution in [2.24, 2.45) is 0 Å². The number of hydrogen-bond donors (Lipinski definition) is 0. The maximum absolute atomic E-state index is 12.0. The van der Waals surface area contributed by atoms with Crippen molar-refractivity contribution >= 4 is 20.0 Å². The van der Waals surface area contributed by atoms with Crippen molar-refractivity contribution < 1.29 is 13.0 Å². The second-order valence-electron chi connectivity index (χ2n) is 7.34. The molecule has 0 radical (unpaired) electrons. The molecule has 1 unspecified atom stereocenters. The summed E-state index contributed by atoms with van der Waals surface area (Å²) >= 11 is 0. The van der Waals surface area contributed by atoms with E-state index in [1.165, 1.54) is 11.1 Å². The van der Waals surface area contributed by atoms with E-state index in [0.717, 1.165) is 81.8 Å². The van der Waals surface area contributed by atoms with E-state index in [9.17, 15) is 13.0 Å². The highest BCUT2D eigenvalue weighted by atomic mass is 32.2.